The van der Waals surface area contributed by atoms with Crippen molar-refractivity contribution in [2.45, 2.75) is 25.9 Å². The molecule has 0 bridgehead atoms. The Bertz CT molecular complexity index is 503. The first-order valence-corrected chi connectivity index (χ1v) is 8.14. The zero-order valence-corrected chi connectivity index (χ0v) is 15.1. The molecule has 0 aliphatic carbocycles. The van der Waals surface area contributed by atoms with Gasteiger partial charge in [-0.2, -0.15) is 0 Å². The minimum absolute atomic E-state index is 0.0678. The molecule has 0 rings (SSSR count). The van der Waals surface area contributed by atoms with E-state index in [-0.39, 0.29) is 13.2 Å². The number of azide groups is 1. The van der Waals surface area contributed by atoms with Crippen molar-refractivity contribution >= 4 is 11.9 Å². The van der Waals surface area contributed by atoms with E-state index in [1.807, 2.05) is 0 Å². The van der Waals surface area contributed by atoms with Crippen LogP contribution in [-0.2, 0) is 28.5 Å². The van der Waals surface area contributed by atoms with Gasteiger partial charge >= 0.3 is 17.9 Å². The zero-order valence-electron chi connectivity index (χ0n) is 15.1. The highest BCUT2D eigenvalue weighted by Crippen LogP contribution is 1.93. The molecule has 0 heterocycles. The molecule has 1 N–H and O–H groups in total. The molecule has 0 saturated carbocycles. The van der Waals surface area contributed by atoms with Crippen LogP contribution in [0.4, 0.5) is 0 Å². The van der Waals surface area contributed by atoms with Gasteiger partial charge in [0.2, 0.25) is 0 Å². The summed E-state index contributed by atoms with van der Waals surface area (Å²) in [5.41, 5.74) is 8.06. The molecule has 0 fully saturated rings. The minimum atomic E-state index is -0.797. The standard InChI is InChI=1S/C15H25N5O6/c1-12(17-3)14(21)19-13(2)15(22)26-11-10-25-9-8-24-7-6-23-5-4-18-20-16/h3,12-13H,4-11H2,1-2H3/p+1/t12-,13-/m1/s1. The summed E-state index contributed by atoms with van der Waals surface area (Å²) in [7, 11) is 0. The SMILES string of the molecule is C#[N+][C@H](C)C(=O)N[C@H](C)C(=O)OCCOCCOCCOCCN=[N+]=[N-]. The highest BCUT2D eigenvalue weighted by atomic mass is 16.6. The Hall–Kier alpha value is -2.38. The molecule has 0 aliphatic rings. The maximum Gasteiger partial charge on any atom is 0.345 e. The van der Waals surface area contributed by atoms with E-state index in [9.17, 15) is 9.59 Å². The quantitative estimate of drug-likeness (QED) is 0.148. The van der Waals surface area contributed by atoms with Gasteiger partial charge in [0.15, 0.2) is 0 Å². The Morgan fingerprint density at radius 1 is 1.04 bits per heavy atom. The lowest BCUT2D eigenvalue weighted by atomic mass is 10.3. The Balaban J connectivity index is 3.49. The number of hydrogen-bond donors (Lipinski definition) is 1. The summed E-state index contributed by atoms with van der Waals surface area (Å²) in [5.74, 6) is -1.02. The zero-order chi connectivity index (χ0) is 19.6. The molecule has 0 saturated heterocycles. The van der Waals surface area contributed by atoms with E-state index < -0.39 is 24.0 Å². The van der Waals surface area contributed by atoms with E-state index in [1.165, 1.54) is 13.8 Å². The van der Waals surface area contributed by atoms with Crippen LogP contribution in [0.15, 0.2) is 5.11 Å². The van der Waals surface area contributed by atoms with Gasteiger partial charge in [0.25, 0.3) is 6.57 Å². The van der Waals surface area contributed by atoms with E-state index in [0.717, 1.165) is 0 Å². The largest absolute Gasteiger partial charge is 0.462 e. The maximum atomic E-state index is 11.7. The number of esters is 1. The summed E-state index contributed by atoms with van der Waals surface area (Å²) >= 11 is 0. The summed E-state index contributed by atoms with van der Waals surface area (Å²) in [6, 6.07) is -1.53. The Morgan fingerprint density at radius 2 is 1.58 bits per heavy atom. The fraction of sp³-hybridized carbons (Fsp3) is 0.800. The van der Waals surface area contributed by atoms with Crippen molar-refractivity contribution in [1.82, 2.24) is 5.32 Å². The molecular formula is C15H26N5O6+. The van der Waals surface area contributed by atoms with Crippen LogP contribution in [0.1, 0.15) is 13.8 Å². The molecular weight excluding hydrogens is 346 g/mol. The topological polar surface area (TPSA) is 136 Å². The summed E-state index contributed by atoms with van der Waals surface area (Å²) in [5, 5.41) is 5.77. The fourth-order valence-electron chi connectivity index (χ4n) is 1.48. The number of nitrogens with zero attached hydrogens (tertiary/aromatic N) is 4. The summed E-state index contributed by atoms with van der Waals surface area (Å²) in [6.45, 7) is 10.5. The molecule has 0 radical (unpaired) electrons. The number of ether oxygens (including phenoxy) is 4. The lowest BCUT2D eigenvalue weighted by Crippen LogP contribution is -2.43. The predicted molar refractivity (Wildman–Crippen MR) is 92.8 cm³/mol. The van der Waals surface area contributed by atoms with Crippen LogP contribution in [0.5, 0.6) is 0 Å². The van der Waals surface area contributed by atoms with Gasteiger partial charge in [-0.25, -0.2) is 4.79 Å². The van der Waals surface area contributed by atoms with Gasteiger partial charge in [-0.1, -0.05) is 9.96 Å². The first kappa shape index (κ1) is 23.6. The normalized spacial score (nSPS) is 12.3. The fourth-order valence-corrected chi connectivity index (χ4v) is 1.48. The second kappa shape index (κ2) is 16.1. The monoisotopic (exact) mass is 372 g/mol. The molecule has 11 heteroatoms. The smallest absolute Gasteiger partial charge is 0.345 e. The first-order valence-electron chi connectivity index (χ1n) is 8.14. The minimum Gasteiger partial charge on any atom is -0.462 e. The molecule has 0 aromatic rings. The number of nitrogens with one attached hydrogen (secondary N) is 1. The number of rotatable bonds is 15. The Labute approximate surface area is 152 Å². The van der Waals surface area contributed by atoms with Crippen molar-refractivity contribution < 1.29 is 28.5 Å². The van der Waals surface area contributed by atoms with Crippen molar-refractivity contribution in [2.24, 2.45) is 5.11 Å². The van der Waals surface area contributed by atoms with Crippen molar-refractivity contribution in [3.8, 4) is 6.57 Å². The van der Waals surface area contributed by atoms with Gasteiger partial charge < -0.3 is 24.3 Å². The van der Waals surface area contributed by atoms with Gasteiger partial charge in [0.1, 0.15) is 12.6 Å². The highest BCUT2D eigenvalue weighted by molar-refractivity contribution is 5.88. The summed E-state index contributed by atoms with van der Waals surface area (Å²) < 4.78 is 20.6. The van der Waals surface area contributed by atoms with Crippen LogP contribution < -0.4 is 5.32 Å². The number of carbonyl (C=O) groups excluding carboxylic acids is 2. The number of carbonyl (C=O) groups is 2. The van der Waals surface area contributed by atoms with E-state index in [0.29, 0.717) is 39.6 Å². The van der Waals surface area contributed by atoms with Crippen LogP contribution >= 0.6 is 0 Å². The number of amides is 1. The summed E-state index contributed by atoms with van der Waals surface area (Å²) in [4.78, 5) is 29.1. The van der Waals surface area contributed by atoms with Gasteiger partial charge in [0.05, 0.1) is 39.6 Å². The molecule has 0 aromatic heterocycles. The lowest BCUT2D eigenvalue weighted by Gasteiger charge is -2.12. The van der Waals surface area contributed by atoms with Crippen LogP contribution in [0.25, 0.3) is 15.3 Å². The van der Waals surface area contributed by atoms with Gasteiger partial charge in [-0.15, -0.1) is 0 Å². The summed E-state index contributed by atoms with van der Waals surface area (Å²) in [6.07, 6.45) is 0. The third-order valence-corrected chi connectivity index (χ3v) is 2.93. The molecule has 0 aliphatic heterocycles. The molecule has 146 valence electrons. The van der Waals surface area contributed by atoms with Gasteiger partial charge in [-0.05, 0) is 12.5 Å². The molecule has 26 heavy (non-hydrogen) atoms. The molecule has 2 atom stereocenters. The molecule has 11 nitrogen and oxygen atoms in total. The van der Waals surface area contributed by atoms with Crippen LogP contribution in [0.2, 0.25) is 0 Å². The average Bonchev–Trinajstić information content (AvgIpc) is 2.64. The molecule has 0 aromatic carbocycles. The third-order valence-electron chi connectivity index (χ3n) is 2.93. The molecule has 0 spiro atoms. The van der Waals surface area contributed by atoms with E-state index in [1.54, 1.807) is 0 Å². The Kier molecular flexibility index (Phi) is 14.6. The molecule has 0 unspecified atom stereocenters. The van der Waals surface area contributed by atoms with Crippen molar-refractivity contribution in [3.05, 3.63) is 15.3 Å². The van der Waals surface area contributed by atoms with Gasteiger partial charge in [0, 0.05) is 18.4 Å². The molecule has 1 amide bonds. The predicted octanol–water partition coefficient (Wildman–Crippen LogP) is 0.746. The first-order chi connectivity index (χ1) is 12.5. The van der Waals surface area contributed by atoms with Crippen molar-refractivity contribution in [1.29, 1.82) is 0 Å². The maximum absolute atomic E-state index is 11.7. The lowest BCUT2D eigenvalue weighted by molar-refractivity contribution is -0.148. The van der Waals surface area contributed by atoms with E-state index >= 15 is 0 Å². The van der Waals surface area contributed by atoms with Crippen LogP contribution in [0, 0.1) is 6.57 Å². The van der Waals surface area contributed by atoms with E-state index in [2.05, 4.69) is 20.2 Å². The average molecular weight is 372 g/mol. The second-order valence-electron chi connectivity index (χ2n) is 5.01. The van der Waals surface area contributed by atoms with Gasteiger partial charge in [-0.3, -0.25) is 4.79 Å². The van der Waals surface area contributed by atoms with Crippen molar-refractivity contribution in [3.63, 3.8) is 0 Å². The van der Waals surface area contributed by atoms with Crippen LogP contribution in [-0.4, -0.2) is 76.8 Å². The number of hydrogen-bond acceptors (Lipinski definition) is 7. The van der Waals surface area contributed by atoms with Crippen molar-refractivity contribution in [2.75, 3.05) is 52.8 Å². The second-order valence-corrected chi connectivity index (χ2v) is 5.01. The van der Waals surface area contributed by atoms with E-state index in [4.69, 9.17) is 31.1 Å². The van der Waals surface area contributed by atoms with Crippen LogP contribution in [0.3, 0.4) is 0 Å². The third kappa shape index (κ3) is 13.0. The Morgan fingerprint density at radius 3 is 2.12 bits per heavy atom. The highest BCUT2D eigenvalue weighted by Gasteiger charge is 2.25.